The van der Waals surface area contributed by atoms with Gasteiger partial charge in [0.1, 0.15) is 11.6 Å². The molecule has 0 fully saturated rings. The topological polar surface area (TPSA) is 56.2 Å². The first kappa shape index (κ1) is 19.2. The first-order valence-electron chi connectivity index (χ1n) is 9.07. The number of aryl methyl sites for hydroxylation is 1. The normalized spacial score (nSPS) is 11.6. The minimum absolute atomic E-state index is 0.170. The Kier molecular flexibility index (Phi) is 5.71. The summed E-state index contributed by atoms with van der Waals surface area (Å²) in [6.07, 6.45) is 0.658. The van der Waals surface area contributed by atoms with Gasteiger partial charge in [-0.15, -0.1) is 0 Å². The van der Waals surface area contributed by atoms with Crippen molar-refractivity contribution in [1.29, 1.82) is 0 Å². The third-order valence-corrected chi connectivity index (χ3v) is 4.67. The van der Waals surface area contributed by atoms with Crippen LogP contribution in [0.1, 0.15) is 26.6 Å². The van der Waals surface area contributed by atoms with Crippen molar-refractivity contribution in [1.82, 2.24) is 14.9 Å². The second-order valence-electron chi connectivity index (χ2n) is 6.83. The number of para-hydroxylation sites is 2. The number of ether oxygens (including phenoxy) is 1. The zero-order chi connectivity index (χ0) is 19.4. The van der Waals surface area contributed by atoms with Crippen LogP contribution in [0.25, 0.3) is 11.0 Å². The molecular weight excluding hydrogens is 362 g/mol. The Labute approximate surface area is 164 Å². The Balaban J connectivity index is 1.61. The molecule has 5 nitrogen and oxygen atoms in total. The van der Waals surface area contributed by atoms with E-state index in [9.17, 15) is 4.79 Å². The molecule has 3 rings (SSSR count). The van der Waals surface area contributed by atoms with E-state index in [4.69, 9.17) is 16.3 Å². The second-order valence-corrected chi connectivity index (χ2v) is 7.27. The number of fused-ring (bicyclic) bond motifs is 1. The number of carbonyl (C=O) groups is 1. The predicted molar refractivity (Wildman–Crippen MR) is 108 cm³/mol. The summed E-state index contributed by atoms with van der Waals surface area (Å²) in [4.78, 5) is 17.2. The SMILES string of the molecule is CCn1c(CCNC(=O)C(C)(C)Oc2ccc(Cl)cc2)nc2ccccc21. The summed E-state index contributed by atoms with van der Waals surface area (Å²) in [7, 11) is 0. The molecule has 0 aliphatic carbocycles. The van der Waals surface area contributed by atoms with E-state index in [1.165, 1.54) is 0 Å². The molecule has 27 heavy (non-hydrogen) atoms. The van der Waals surface area contributed by atoms with Crippen LogP contribution >= 0.6 is 11.6 Å². The lowest BCUT2D eigenvalue weighted by atomic mass is 10.1. The summed E-state index contributed by atoms with van der Waals surface area (Å²) in [5.74, 6) is 1.40. The van der Waals surface area contributed by atoms with Crippen molar-refractivity contribution in [3.63, 3.8) is 0 Å². The average Bonchev–Trinajstić information content (AvgIpc) is 3.00. The van der Waals surface area contributed by atoms with Crippen LogP contribution in [0.5, 0.6) is 5.75 Å². The van der Waals surface area contributed by atoms with Gasteiger partial charge in [-0.05, 0) is 57.2 Å². The molecule has 6 heteroatoms. The molecule has 1 N–H and O–H groups in total. The minimum atomic E-state index is -0.987. The molecule has 0 radical (unpaired) electrons. The van der Waals surface area contributed by atoms with Crippen LogP contribution in [0, 0.1) is 0 Å². The lowest BCUT2D eigenvalue weighted by Crippen LogP contribution is -2.47. The average molecular weight is 386 g/mol. The Hall–Kier alpha value is -2.53. The number of benzene rings is 2. The van der Waals surface area contributed by atoms with Crippen LogP contribution in [0.15, 0.2) is 48.5 Å². The van der Waals surface area contributed by atoms with Crippen LogP contribution in [0.2, 0.25) is 5.02 Å². The van der Waals surface area contributed by atoms with E-state index in [-0.39, 0.29) is 5.91 Å². The van der Waals surface area contributed by atoms with E-state index in [1.807, 2.05) is 18.2 Å². The van der Waals surface area contributed by atoms with Gasteiger partial charge in [0, 0.05) is 24.5 Å². The van der Waals surface area contributed by atoms with Gasteiger partial charge in [-0.2, -0.15) is 0 Å². The van der Waals surface area contributed by atoms with Crippen molar-refractivity contribution in [3.05, 3.63) is 59.4 Å². The summed E-state index contributed by atoms with van der Waals surface area (Å²) in [5.41, 5.74) is 1.11. The van der Waals surface area contributed by atoms with Crippen molar-refractivity contribution in [2.24, 2.45) is 0 Å². The molecule has 142 valence electrons. The molecule has 1 aromatic heterocycles. The Bertz CT molecular complexity index is 932. The monoisotopic (exact) mass is 385 g/mol. The van der Waals surface area contributed by atoms with E-state index in [1.54, 1.807) is 38.1 Å². The number of nitrogens with zero attached hydrogens (tertiary/aromatic N) is 2. The predicted octanol–water partition coefficient (Wildman–Crippen LogP) is 4.23. The van der Waals surface area contributed by atoms with Crippen LogP contribution in [0.4, 0.5) is 0 Å². The fraction of sp³-hybridized carbons (Fsp3) is 0.333. The van der Waals surface area contributed by atoms with Gasteiger partial charge in [-0.1, -0.05) is 23.7 Å². The Morgan fingerprint density at radius 3 is 2.59 bits per heavy atom. The molecule has 2 aromatic carbocycles. The standard InChI is InChI=1S/C21H24ClN3O2/c1-4-25-18-8-6-5-7-17(18)24-19(25)13-14-23-20(26)21(2,3)27-16-11-9-15(22)10-12-16/h5-12H,4,13-14H2,1-3H3,(H,23,26). The number of nitrogens with one attached hydrogen (secondary N) is 1. The van der Waals surface area contributed by atoms with E-state index in [2.05, 4.69) is 27.9 Å². The van der Waals surface area contributed by atoms with Crippen LogP contribution in [-0.2, 0) is 17.8 Å². The van der Waals surface area contributed by atoms with Crippen LogP contribution in [-0.4, -0.2) is 27.6 Å². The number of imidazole rings is 1. The van der Waals surface area contributed by atoms with Crippen molar-refractivity contribution >= 4 is 28.5 Å². The highest BCUT2D eigenvalue weighted by Crippen LogP contribution is 2.21. The van der Waals surface area contributed by atoms with Gasteiger partial charge in [0.2, 0.25) is 0 Å². The third kappa shape index (κ3) is 4.42. The molecule has 0 aliphatic heterocycles. The molecule has 0 saturated carbocycles. The number of hydrogen-bond acceptors (Lipinski definition) is 3. The molecule has 0 saturated heterocycles. The maximum atomic E-state index is 12.6. The Morgan fingerprint density at radius 2 is 1.89 bits per heavy atom. The van der Waals surface area contributed by atoms with Gasteiger partial charge in [0.15, 0.2) is 5.60 Å². The van der Waals surface area contributed by atoms with Gasteiger partial charge in [-0.3, -0.25) is 4.79 Å². The number of amides is 1. The highest BCUT2D eigenvalue weighted by Gasteiger charge is 2.29. The molecular formula is C21H24ClN3O2. The maximum Gasteiger partial charge on any atom is 0.263 e. The zero-order valence-corrected chi connectivity index (χ0v) is 16.6. The first-order chi connectivity index (χ1) is 12.9. The lowest BCUT2D eigenvalue weighted by Gasteiger charge is -2.25. The quantitative estimate of drug-likeness (QED) is 0.662. The van der Waals surface area contributed by atoms with Crippen molar-refractivity contribution in [2.45, 2.75) is 39.3 Å². The van der Waals surface area contributed by atoms with Crippen molar-refractivity contribution < 1.29 is 9.53 Å². The highest BCUT2D eigenvalue weighted by molar-refractivity contribution is 6.30. The molecule has 0 unspecified atom stereocenters. The van der Waals surface area contributed by atoms with E-state index in [0.717, 1.165) is 23.4 Å². The highest BCUT2D eigenvalue weighted by atomic mass is 35.5. The summed E-state index contributed by atoms with van der Waals surface area (Å²) in [6.45, 7) is 6.93. The van der Waals surface area contributed by atoms with Gasteiger partial charge in [-0.25, -0.2) is 4.98 Å². The molecule has 0 bridgehead atoms. The first-order valence-corrected chi connectivity index (χ1v) is 9.45. The van der Waals surface area contributed by atoms with Gasteiger partial charge < -0.3 is 14.6 Å². The summed E-state index contributed by atoms with van der Waals surface area (Å²) < 4.78 is 8.00. The summed E-state index contributed by atoms with van der Waals surface area (Å²) >= 11 is 5.88. The summed E-state index contributed by atoms with van der Waals surface area (Å²) in [6, 6.07) is 15.0. The van der Waals surface area contributed by atoms with Crippen molar-refractivity contribution in [2.75, 3.05) is 6.54 Å². The molecule has 3 aromatic rings. The van der Waals surface area contributed by atoms with Gasteiger partial charge in [0.25, 0.3) is 5.91 Å². The molecule has 0 atom stereocenters. The fourth-order valence-corrected chi connectivity index (χ4v) is 3.14. The number of rotatable bonds is 7. The number of hydrogen-bond donors (Lipinski definition) is 1. The number of carbonyl (C=O) groups excluding carboxylic acids is 1. The fourth-order valence-electron chi connectivity index (χ4n) is 3.01. The molecule has 1 amide bonds. The zero-order valence-electron chi connectivity index (χ0n) is 15.8. The Morgan fingerprint density at radius 1 is 1.19 bits per heavy atom. The van der Waals surface area contributed by atoms with Crippen LogP contribution in [0.3, 0.4) is 0 Å². The van der Waals surface area contributed by atoms with E-state index >= 15 is 0 Å². The van der Waals surface area contributed by atoms with Gasteiger partial charge in [0.05, 0.1) is 11.0 Å². The van der Waals surface area contributed by atoms with Crippen molar-refractivity contribution in [3.8, 4) is 5.75 Å². The van der Waals surface area contributed by atoms with E-state index < -0.39 is 5.60 Å². The van der Waals surface area contributed by atoms with Gasteiger partial charge >= 0.3 is 0 Å². The molecule has 0 aliphatic rings. The maximum absolute atomic E-state index is 12.6. The summed E-state index contributed by atoms with van der Waals surface area (Å²) in [5, 5.41) is 3.58. The number of aromatic nitrogens is 2. The largest absolute Gasteiger partial charge is 0.478 e. The smallest absolute Gasteiger partial charge is 0.263 e. The van der Waals surface area contributed by atoms with E-state index in [0.29, 0.717) is 23.7 Å². The lowest BCUT2D eigenvalue weighted by molar-refractivity contribution is -0.134. The minimum Gasteiger partial charge on any atom is -0.478 e. The van der Waals surface area contributed by atoms with Crippen LogP contribution < -0.4 is 10.1 Å². The number of halogens is 1. The molecule has 0 spiro atoms. The molecule has 1 heterocycles. The third-order valence-electron chi connectivity index (χ3n) is 4.42. The second kappa shape index (κ2) is 8.01.